The van der Waals surface area contributed by atoms with Crippen LogP contribution in [0.2, 0.25) is 0 Å². The van der Waals surface area contributed by atoms with E-state index >= 15 is 0 Å². The zero-order chi connectivity index (χ0) is 26.0. The van der Waals surface area contributed by atoms with Gasteiger partial charge in [0.2, 0.25) is 11.8 Å². The Bertz CT molecular complexity index is 1170. The molecule has 2 amide bonds. The molecule has 1 fully saturated rings. The SMILES string of the molecule is CC(=O)N1CCCC(Oc2ccc(NC(=O)C(NCCC3=CCC(C#N)C=C3)c3ccccc3)nc2)C1. The number of nitriles is 1. The van der Waals surface area contributed by atoms with E-state index in [0.717, 1.165) is 43.4 Å². The third-order valence-electron chi connectivity index (χ3n) is 6.61. The van der Waals surface area contributed by atoms with E-state index in [1.807, 2.05) is 42.5 Å². The van der Waals surface area contributed by atoms with Gasteiger partial charge in [0.1, 0.15) is 23.7 Å². The first kappa shape index (κ1) is 26.1. The minimum Gasteiger partial charge on any atom is -0.487 e. The van der Waals surface area contributed by atoms with Gasteiger partial charge in [0.05, 0.1) is 24.7 Å². The summed E-state index contributed by atoms with van der Waals surface area (Å²) in [5.74, 6) is 0.856. The predicted octanol–water partition coefficient (Wildman–Crippen LogP) is 4.16. The summed E-state index contributed by atoms with van der Waals surface area (Å²) in [5.41, 5.74) is 2.03. The molecule has 8 nitrogen and oxygen atoms in total. The minimum atomic E-state index is -0.543. The molecule has 1 aliphatic carbocycles. The maximum absolute atomic E-state index is 13.2. The van der Waals surface area contributed by atoms with Crippen LogP contribution < -0.4 is 15.4 Å². The Labute approximate surface area is 218 Å². The standard InChI is InChI=1S/C29H33N5O3/c1-21(35)34-17-5-8-26(20-34)37-25-13-14-27(32-19-25)33-29(36)28(24-6-3-2-4-7-24)31-16-15-22-9-11-23(18-30)12-10-22/h2-4,6-7,9-11,13-14,19,23,26,28,31H,5,8,12,15-17,20H2,1H3,(H,32,33,36). The summed E-state index contributed by atoms with van der Waals surface area (Å²) < 4.78 is 6.03. The lowest BCUT2D eigenvalue weighted by atomic mass is 9.96. The Morgan fingerprint density at radius 3 is 2.76 bits per heavy atom. The normalized spacial score (nSPS) is 19.9. The molecule has 0 bridgehead atoms. The number of anilines is 1. The van der Waals surface area contributed by atoms with Crippen LogP contribution in [-0.2, 0) is 9.59 Å². The van der Waals surface area contributed by atoms with Crippen LogP contribution in [0.1, 0.15) is 44.2 Å². The molecule has 2 aliphatic rings. The predicted molar refractivity (Wildman–Crippen MR) is 142 cm³/mol. The van der Waals surface area contributed by atoms with Gasteiger partial charge in [-0.1, -0.05) is 54.1 Å². The molecule has 0 spiro atoms. The average molecular weight is 500 g/mol. The molecule has 0 saturated carbocycles. The third kappa shape index (κ3) is 7.51. The number of allylic oxidation sites excluding steroid dienone is 3. The van der Waals surface area contributed by atoms with Crippen LogP contribution in [0.15, 0.2) is 72.5 Å². The van der Waals surface area contributed by atoms with Crippen molar-refractivity contribution in [3.8, 4) is 11.8 Å². The van der Waals surface area contributed by atoms with E-state index in [1.165, 1.54) is 0 Å². The second-order valence-corrected chi connectivity index (χ2v) is 9.37. The summed E-state index contributed by atoms with van der Waals surface area (Å²) in [6.07, 6.45) is 10.8. The van der Waals surface area contributed by atoms with Gasteiger partial charge in [-0.2, -0.15) is 5.26 Å². The Balaban J connectivity index is 1.34. The first-order valence-electron chi connectivity index (χ1n) is 12.8. The number of benzene rings is 1. The highest BCUT2D eigenvalue weighted by Crippen LogP contribution is 2.22. The van der Waals surface area contributed by atoms with Crippen molar-refractivity contribution in [1.82, 2.24) is 15.2 Å². The number of aromatic nitrogens is 1. The van der Waals surface area contributed by atoms with Crippen LogP contribution in [0.3, 0.4) is 0 Å². The van der Waals surface area contributed by atoms with E-state index in [-0.39, 0.29) is 23.8 Å². The fraction of sp³-hybridized carbons (Fsp3) is 0.379. The van der Waals surface area contributed by atoms with Crippen molar-refractivity contribution in [2.24, 2.45) is 5.92 Å². The average Bonchev–Trinajstić information content (AvgIpc) is 2.93. The maximum Gasteiger partial charge on any atom is 0.247 e. The highest BCUT2D eigenvalue weighted by atomic mass is 16.5. The molecule has 1 aromatic carbocycles. The molecule has 1 aliphatic heterocycles. The number of carbonyl (C=O) groups is 2. The van der Waals surface area contributed by atoms with Gasteiger partial charge in [0.25, 0.3) is 0 Å². The zero-order valence-electron chi connectivity index (χ0n) is 21.1. The highest BCUT2D eigenvalue weighted by Gasteiger charge is 2.23. The van der Waals surface area contributed by atoms with E-state index in [2.05, 4.69) is 27.8 Å². The molecule has 37 heavy (non-hydrogen) atoms. The first-order chi connectivity index (χ1) is 18.0. The van der Waals surface area contributed by atoms with Gasteiger partial charge < -0.3 is 20.3 Å². The fourth-order valence-corrected chi connectivity index (χ4v) is 4.55. The van der Waals surface area contributed by atoms with Crippen molar-refractivity contribution in [2.45, 2.75) is 44.8 Å². The molecule has 3 unspecified atom stereocenters. The summed E-state index contributed by atoms with van der Waals surface area (Å²) in [6.45, 7) is 3.53. The summed E-state index contributed by atoms with van der Waals surface area (Å²) in [5, 5.41) is 15.3. The molecule has 1 saturated heterocycles. The largest absolute Gasteiger partial charge is 0.487 e. The smallest absolute Gasteiger partial charge is 0.247 e. The van der Waals surface area contributed by atoms with Gasteiger partial charge in [-0.05, 0) is 43.4 Å². The van der Waals surface area contributed by atoms with Crippen molar-refractivity contribution >= 4 is 17.6 Å². The molecule has 2 N–H and O–H groups in total. The molecule has 2 heterocycles. The van der Waals surface area contributed by atoms with Gasteiger partial charge >= 0.3 is 0 Å². The van der Waals surface area contributed by atoms with Crippen LogP contribution in [0.25, 0.3) is 0 Å². The van der Waals surface area contributed by atoms with Crippen LogP contribution in [0.4, 0.5) is 5.82 Å². The van der Waals surface area contributed by atoms with E-state index < -0.39 is 6.04 Å². The fourth-order valence-electron chi connectivity index (χ4n) is 4.55. The number of hydrogen-bond acceptors (Lipinski definition) is 6. The van der Waals surface area contributed by atoms with Crippen LogP contribution in [-0.4, -0.2) is 47.4 Å². The van der Waals surface area contributed by atoms with Gasteiger partial charge in [-0.3, -0.25) is 9.59 Å². The first-order valence-corrected chi connectivity index (χ1v) is 12.8. The van der Waals surface area contributed by atoms with Crippen LogP contribution in [0.5, 0.6) is 5.75 Å². The number of nitrogens with one attached hydrogen (secondary N) is 2. The lowest BCUT2D eigenvalue weighted by molar-refractivity contribution is -0.131. The quantitative estimate of drug-likeness (QED) is 0.537. The number of amides is 2. The van der Waals surface area contributed by atoms with Gasteiger partial charge in [0.15, 0.2) is 0 Å². The Hall–Kier alpha value is -3.96. The second kappa shape index (κ2) is 12.8. The Morgan fingerprint density at radius 1 is 1.24 bits per heavy atom. The lowest BCUT2D eigenvalue weighted by Crippen LogP contribution is -2.43. The third-order valence-corrected chi connectivity index (χ3v) is 6.61. The number of pyridine rings is 1. The highest BCUT2D eigenvalue weighted by molar-refractivity contribution is 5.94. The molecule has 1 aromatic heterocycles. The molecule has 4 rings (SSSR count). The topological polar surface area (TPSA) is 107 Å². The van der Waals surface area contributed by atoms with Gasteiger partial charge in [-0.15, -0.1) is 0 Å². The van der Waals surface area contributed by atoms with Crippen molar-refractivity contribution < 1.29 is 14.3 Å². The number of likely N-dealkylation sites (tertiary alicyclic amines) is 1. The monoisotopic (exact) mass is 499 g/mol. The molecule has 192 valence electrons. The van der Waals surface area contributed by atoms with Gasteiger partial charge in [-0.25, -0.2) is 4.98 Å². The summed E-state index contributed by atoms with van der Waals surface area (Å²) in [4.78, 5) is 31.1. The summed E-state index contributed by atoms with van der Waals surface area (Å²) in [7, 11) is 0. The molecular weight excluding hydrogens is 466 g/mol. The van der Waals surface area contributed by atoms with E-state index in [9.17, 15) is 9.59 Å². The van der Waals surface area contributed by atoms with Crippen molar-refractivity contribution in [2.75, 3.05) is 25.0 Å². The zero-order valence-corrected chi connectivity index (χ0v) is 21.1. The molecule has 2 aromatic rings. The number of rotatable bonds is 9. The molecule has 0 radical (unpaired) electrons. The Morgan fingerprint density at radius 2 is 2.08 bits per heavy atom. The lowest BCUT2D eigenvalue weighted by Gasteiger charge is -2.32. The number of piperidine rings is 1. The second-order valence-electron chi connectivity index (χ2n) is 9.37. The Kier molecular flexibility index (Phi) is 9.06. The van der Waals surface area contributed by atoms with Crippen molar-refractivity contribution in [3.63, 3.8) is 0 Å². The van der Waals surface area contributed by atoms with Gasteiger partial charge in [0, 0.05) is 20.0 Å². The van der Waals surface area contributed by atoms with Crippen LogP contribution >= 0.6 is 0 Å². The molecule has 3 atom stereocenters. The minimum absolute atomic E-state index is 0.0539. The van der Waals surface area contributed by atoms with E-state index in [1.54, 1.807) is 30.2 Å². The van der Waals surface area contributed by atoms with E-state index in [4.69, 9.17) is 10.00 Å². The van der Waals surface area contributed by atoms with Crippen LogP contribution in [0, 0.1) is 17.2 Å². The summed E-state index contributed by atoms with van der Waals surface area (Å²) >= 11 is 0. The molecule has 8 heteroatoms. The molecular formula is C29H33N5O3. The number of hydrogen-bond donors (Lipinski definition) is 2. The number of nitrogens with zero attached hydrogens (tertiary/aromatic N) is 3. The van der Waals surface area contributed by atoms with Crippen molar-refractivity contribution in [3.05, 3.63) is 78.0 Å². The van der Waals surface area contributed by atoms with Crippen molar-refractivity contribution in [1.29, 1.82) is 5.26 Å². The number of carbonyl (C=O) groups excluding carboxylic acids is 2. The summed E-state index contributed by atoms with van der Waals surface area (Å²) in [6, 6.07) is 14.8. The number of ether oxygens (including phenoxy) is 1. The van der Waals surface area contributed by atoms with E-state index in [0.29, 0.717) is 24.7 Å². The maximum atomic E-state index is 13.2.